The van der Waals surface area contributed by atoms with Crippen molar-refractivity contribution in [2.24, 2.45) is 0 Å². The predicted octanol–water partition coefficient (Wildman–Crippen LogP) is 5.17. The van der Waals surface area contributed by atoms with Gasteiger partial charge in [0.1, 0.15) is 0 Å². The van der Waals surface area contributed by atoms with Crippen molar-refractivity contribution in [2.75, 3.05) is 31.1 Å². The summed E-state index contributed by atoms with van der Waals surface area (Å²) in [6.45, 7) is 5.12. The molecule has 1 aliphatic rings. The minimum atomic E-state index is 0.0981. The van der Waals surface area contributed by atoms with Crippen molar-refractivity contribution >= 4 is 22.5 Å². The smallest absolute Gasteiger partial charge is 0.255 e. The fourth-order valence-electron chi connectivity index (χ4n) is 4.42. The first-order chi connectivity index (χ1) is 15.2. The summed E-state index contributed by atoms with van der Waals surface area (Å²) in [5.74, 6) is 0.0981. The summed E-state index contributed by atoms with van der Waals surface area (Å²) in [5, 5.41) is 0.926. The second kappa shape index (κ2) is 8.23. The van der Waals surface area contributed by atoms with E-state index in [-0.39, 0.29) is 5.91 Å². The minimum absolute atomic E-state index is 0.0981. The zero-order valence-electron chi connectivity index (χ0n) is 17.7. The van der Waals surface area contributed by atoms with Gasteiger partial charge in [-0.2, -0.15) is 0 Å². The average Bonchev–Trinajstić information content (AvgIpc) is 2.84. The largest absolute Gasteiger partial charge is 0.368 e. The Balaban J connectivity index is 1.50. The van der Waals surface area contributed by atoms with Gasteiger partial charge in [0.15, 0.2) is 0 Å². The van der Waals surface area contributed by atoms with Gasteiger partial charge in [-0.15, -0.1) is 0 Å². The molecule has 31 heavy (non-hydrogen) atoms. The lowest BCUT2D eigenvalue weighted by Gasteiger charge is -2.36. The molecule has 1 amide bonds. The number of aromatic nitrogens is 1. The Kier molecular flexibility index (Phi) is 5.13. The molecule has 1 fully saturated rings. The van der Waals surface area contributed by atoms with Crippen LogP contribution in [-0.4, -0.2) is 42.0 Å². The second-order valence-corrected chi connectivity index (χ2v) is 7.96. The first-order valence-electron chi connectivity index (χ1n) is 10.8. The molecule has 0 saturated carbocycles. The summed E-state index contributed by atoms with van der Waals surface area (Å²) in [6, 6.07) is 28.5. The van der Waals surface area contributed by atoms with E-state index in [0.717, 1.165) is 46.4 Å². The van der Waals surface area contributed by atoms with Gasteiger partial charge in [0, 0.05) is 42.8 Å². The van der Waals surface area contributed by atoms with Crippen LogP contribution in [0.1, 0.15) is 15.9 Å². The van der Waals surface area contributed by atoms with Crippen LogP contribution in [0, 0.1) is 6.92 Å². The summed E-state index contributed by atoms with van der Waals surface area (Å²) >= 11 is 0. The van der Waals surface area contributed by atoms with Crippen LogP contribution in [0.4, 0.5) is 5.69 Å². The van der Waals surface area contributed by atoms with E-state index in [0.29, 0.717) is 13.1 Å². The summed E-state index contributed by atoms with van der Waals surface area (Å²) in [7, 11) is 0. The highest BCUT2D eigenvalue weighted by atomic mass is 16.2. The SMILES string of the molecule is Cc1c(-c2ccccc2)nc2ccccc2c1C(=O)N1CCN(c2ccccc2)CC1. The number of benzene rings is 3. The fourth-order valence-corrected chi connectivity index (χ4v) is 4.42. The number of carbonyl (C=O) groups is 1. The van der Waals surface area contributed by atoms with Crippen LogP contribution < -0.4 is 4.90 Å². The van der Waals surface area contributed by atoms with Crippen LogP contribution in [0.15, 0.2) is 84.9 Å². The van der Waals surface area contributed by atoms with Crippen molar-refractivity contribution in [1.82, 2.24) is 9.88 Å². The average molecular weight is 408 g/mol. The molecule has 1 aliphatic heterocycles. The number of piperazine rings is 1. The molecule has 1 aromatic heterocycles. The molecule has 0 bridgehead atoms. The Bertz CT molecular complexity index is 1210. The molecule has 4 heteroatoms. The van der Waals surface area contributed by atoms with Gasteiger partial charge in [0.2, 0.25) is 0 Å². The number of hydrogen-bond donors (Lipinski definition) is 0. The van der Waals surface area contributed by atoms with Gasteiger partial charge in [0.25, 0.3) is 5.91 Å². The monoisotopic (exact) mass is 407 g/mol. The van der Waals surface area contributed by atoms with Crippen molar-refractivity contribution < 1.29 is 4.79 Å². The van der Waals surface area contributed by atoms with Crippen LogP contribution >= 0.6 is 0 Å². The molecular weight excluding hydrogens is 382 g/mol. The standard InChI is InChI=1S/C27H25N3O/c1-20-25(27(31)30-18-16-29(17-19-30)22-12-6-3-7-13-22)23-14-8-9-15-24(23)28-26(20)21-10-4-2-5-11-21/h2-15H,16-19H2,1H3. The van der Waals surface area contributed by atoms with E-state index in [1.54, 1.807) is 0 Å². The zero-order chi connectivity index (χ0) is 21.2. The van der Waals surface area contributed by atoms with E-state index in [9.17, 15) is 4.79 Å². The molecule has 0 unspecified atom stereocenters. The maximum absolute atomic E-state index is 13.7. The molecule has 2 heterocycles. The van der Waals surface area contributed by atoms with E-state index in [1.165, 1.54) is 5.69 Å². The number of hydrogen-bond acceptors (Lipinski definition) is 3. The maximum Gasteiger partial charge on any atom is 0.255 e. The van der Waals surface area contributed by atoms with E-state index < -0.39 is 0 Å². The molecule has 154 valence electrons. The van der Waals surface area contributed by atoms with Crippen molar-refractivity contribution in [3.05, 3.63) is 96.1 Å². The van der Waals surface area contributed by atoms with Gasteiger partial charge in [0.05, 0.1) is 16.8 Å². The third kappa shape index (κ3) is 3.66. The summed E-state index contributed by atoms with van der Waals surface area (Å²) in [5.41, 5.74) is 5.71. The van der Waals surface area contributed by atoms with Crippen LogP contribution in [0.25, 0.3) is 22.2 Å². The number of para-hydroxylation sites is 2. The maximum atomic E-state index is 13.7. The lowest BCUT2D eigenvalue weighted by molar-refractivity contribution is 0.0748. The van der Waals surface area contributed by atoms with Gasteiger partial charge in [-0.05, 0) is 30.7 Å². The van der Waals surface area contributed by atoms with Gasteiger partial charge in [-0.25, -0.2) is 4.98 Å². The molecule has 4 nitrogen and oxygen atoms in total. The molecule has 0 atom stereocenters. The van der Waals surface area contributed by atoms with Crippen LogP contribution in [-0.2, 0) is 0 Å². The molecule has 5 rings (SSSR count). The fraction of sp³-hybridized carbons (Fsp3) is 0.185. The highest BCUT2D eigenvalue weighted by Gasteiger charge is 2.26. The molecule has 0 N–H and O–H groups in total. The van der Waals surface area contributed by atoms with Crippen LogP contribution in [0.2, 0.25) is 0 Å². The van der Waals surface area contributed by atoms with Crippen molar-refractivity contribution in [1.29, 1.82) is 0 Å². The Morgan fingerprint density at radius 3 is 2.10 bits per heavy atom. The number of anilines is 1. The number of fused-ring (bicyclic) bond motifs is 1. The number of nitrogens with zero attached hydrogens (tertiary/aromatic N) is 3. The Hall–Kier alpha value is -3.66. The lowest BCUT2D eigenvalue weighted by Crippen LogP contribution is -2.49. The quantitative estimate of drug-likeness (QED) is 0.470. The van der Waals surface area contributed by atoms with Crippen molar-refractivity contribution in [3.8, 4) is 11.3 Å². The van der Waals surface area contributed by atoms with Gasteiger partial charge < -0.3 is 9.80 Å². The van der Waals surface area contributed by atoms with Crippen LogP contribution in [0.3, 0.4) is 0 Å². The molecule has 4 aromatic rings. The van der Waals surface area contributed by atoms with Gasteiger partial charge >= 0.3 is 0 Å². The third-order valence-corrected chi connectivity index (χ3v) is 6.09. The first kappa shape index (κ1) is 19.3. The molecule has 0 radical (unpaired) electrons. The molecule has 3 aromatic carbocycles. The van der Waals surface area contributed by atoms with E-state index in [1.807, 2.05) is 60.4 Å². The minimum Gasteiger partial charge on any atom is -0.368 e. The second-order valence-electron chi connectivity index (χ2n) is 7.96. The predicted molar refractivity (Wildman–Crippen MR) is 126 cm³/mol. The zero-order valence-corrected chi connectivity index (χ0v) is 17.7. The highest BCUT2D eigenvalue weighted by molar-refractivity contribution is 6.09. The van der Waals surface area contributed by atoms with E-state index in [2.05, 4.69) is 41.3 Å². The van der Waals surface area contributed by atoms with Crippen molar-refractivity contribution in [2.45, 2.75) is 6.92 Å². The number of amides is 1. The normalized spacial score (nSPS) is 14.1. The third-order valence-electron chi connectivity index (χ3n) is 6.09. The van der Waals surface area contributed by atoms with Crippen molar-refractivity contribution in [3.63, 3.8) is 0 Å². The summed E-state index contributed by atoms with van der Waals surface area (Å²) in [6.07, 6.45) is 0. The van der Waals surface area contributed by atoms with Gasteiger partial charge in [-0.3, -0.25) is 4.79 Å². The number of pyridine rings is 1. The van der Waals surface area contributed by atoms with E-state index in [4.69, 9.17) is 4.98 Å². The first-order valence-corrected chi connectivity index (χ1v) is 10.8. The number of rotatable bonds is 3. The lowest BCUT2D eigenvalue weighted by atomic mass is 9.96. The molecule has 1 saturated heterocycles. The van der Waals surface area contributed by atoms with E-state index >= 15 is 0 Å². The number of carbonyl (C=O) groups excluding carboxylic acids is 1. The molecule has 0 aliphatic carbocycles. The summed E-state index contributed by atoms with van der Waals surface area (Å²) < 4.78 is 0. The summed E-state index contributed by atoms with van der Waals surface area (Å²) in [4.78, 5) is 23.0. The molecular formula is C27H25N3O. The Labute approximate surface area is 182 Å². The highest BCUT2D eigenvalue weighted by Crippen LogP contribution is 2.31. The molecule has 0 spiro atoms. The Morgan fingerprint density at radius 1 is 0.774 bits per heavy atom. The topological polar surface area (TPSA) is 36.4 Å². The Morgan fingerprint density at radius 2 is 1.39 bits per heavy atom. The van der Waals surface area contributed by atoms with Gasteiger partial charge in [-0.1, -0.05) is 66.7 Å². The van der Waals surface area contributed by atoms with Crippen LogP contribution in [0.5, 0.6) is 0 Å².